The van der Waals surface area contributed by atoms with E-state index in [-0.39, 0.29) is 25.0 Å². The van der Waals surface area contributed by atoms with Crippen molar-refractivity contribution in [2.24, 2.45) is 5.73 Å². The van der Waals surface area contributed by atoms with Crippen LogP contribution in [-0.2, 0) is 9.53 Å². The first-order chi connectivity index (χ1) is 8.50. The first-order valence-corrected chi connectivity index (χ1v) is 6.25. The Labute approximate surface area is 114 Å². The van der Waals surface area contributed by atoms with Crippen molar-refractivity contribution in [1.29, 1.82) is 0 Å². The minimum absolute atomic E-state index is 0.0775. The molecule has 0 aliphatic carbocycles. The SMILES string of the molecule is C[C@H](C(=O)NCCOC(N)=O)c1ccc(Br)cc1. The normalized spacial score (nSPS) is 11.7. The molecule has 0 saturated carbocycles. The Kier molecular flexibility index (Phi) is 5.64. The average Bonchev–Trinajstić information content (AvgIpc) is 2.34. The van der Waals surface area contributed by atoms with Gasteiger partial charge in [0, 0.05) is 4.47 Å². The molecule has 3 N–H and O–H groups in total. The molecule has 0 spiro atoms. The van der Waals surface area contributed by atoms with Crippen LogP contribution in [0.5, 0.6) is 0 Å². The van der Waals surface area contributed by atoms with E-state index in [0.717, 1.165) is 10.0 Å². The molecule has 0 radical (unpaired) electrons. The Morgan fingerprint density at radius 1 is 1.39 bits per heavy atom. The quantitative estimate of drug-likeness (QED) is 0.813. The van der Waals surface area contributed by atoms with E-state index < -0.39 is 6.09 Å². The maximum Gasteiger partial charge on any atom is 0.404 e. The highest BCUT2D eigenvalue weighted by atomic mass is 79.9. The van der Waals surface area contributed by atoms with E-state index in [1.165, 1.54) is 0 Å². The lowest BCUT2D eigenvalue weighted by molar-refractivity contribution is -0.122. The van der Waals surface area contributed by atoms with Crippen LogP contribution in [0.2, 0.25) is 0 Å². The molecule has 0 unspecified atom stereocenters. The molecule has 0 heterocycles. The summed E-state index contributed by atoms with van der Waals surface area (Å²) in [6, 6.07) is 7.53. The molecular weight excluding hydrogens is 300 g/mol. The third kappa shape index (κ3) is 4.75. The fourth-order valence-electron chi connectivity index (χ4n) is 1.38. The van der Waals surface area contributed by atoms with Crippen LogP contribution in [0.3, 0.4) is 0 Å². The zero-order valence-electron chi connectivity index (χ0n) is 9.98. The maximum absolute atomic E-state index is 11.8. The van der Waals surface area contributed by atoms with Crippen LogP contribution >= 0.6 is 15.9 Å². The van der Waals surface area contributed by atoms with Crippen LogP contribution in [0, 0.1) is 0 Å². The summed E-state index contributed by atoms with van der Waals surface area (Å²) in [6.07, 6.45) is -0.842. The number of carbonyl (C=O) groups excluding carboxylic acids is 2. The van der Waals surface area contributed by atoms with Crippen LogP contribution < -0.4 is 11.1 Å². The Hall–Kier alpha value is -1.56. The van der Waals surface area contributed by atoms with E-state index in [4.69, 9.17) is 5.73 Å². The summed E-state index contributed by atoms with van der Waals surface area (Å²) in [6.45, 7) is 2.14. The number of nitrogens with one attached hydrogen (secondary N) is 1. The number of halogens is 1. The van der Waals surface area contributed by atoms with Crippen LogP contribution in [0.4, 0.5) is 4.79 Å². The van der Waals surface area contributed by atoms with Crippen LogP contribution in [0.1, 0.15) is 18.4 Å². The Balaban J connectivity index is 2.41. The minimum atomic E-state index is -0.842. The molecule has 1 rings (SSSR count). The van der Waals surface area contributed by atoms with Gasteiger partial charge in [0.15, 0.2) is 0 Å². The molecule has 2 amide bonds. The molecule has 18 heavy (non-hydrogen) atoms. The highest BCUT2D eigenvalue weighted by Crippen LogP contribution is 2.18. The van der Waals surface area contributed by atoms with Gasteiger partial charge in [0.25, 0.3) is 0 Å². The molecule has 5 nitrogen and oxygen atoms in total. The summed E-state index contributed by atoms with van der Waals surface area (Å²) < 4.78 is 5.48. The Morgan fingerprint density at radius 3 is 2.56 bits per heavy atom. The summed E-state index contributed by atoms with van der Waals surface area (Å²) >= 11 is 3.34. The van der Waals surface area contributed by atoms with Gasteiger partial charge >= 0.3 is 6.09 Å². The van der Waals surface area contributed by atoms with Gasteiger partial charge in [-0.25, -0.2) is 4.79 Å². The molecule has 1 atom stereocenters. The van der Waals surface area contributed by atoms with E-state index in [0.29, 0.717) is 0 Å². The van der Waals surface area contributed by atoms with Gasteiger partial charge in [-0.3, -0.25) is 4.79 Å². The Bertz CT molecular complexity index is 420. The molecule has 98 valence electrons. The summed E-state index contributed by atoms with van der Waals surface area (Å²) in [5.74, 6) is -0.378. The minimum Gasteiger partial charge on any atom is -0.448 e. The number of amides is 2. The number of rotatable bonds is 5. The van der Waals surface area contributed by atoms with Crippen LogP contribution in [0.25, 0.3) is 0 Å². The second-order valence-electron chi connectivity index (χ2n) is 3.73. The first kappa shape index (κ1) is 14.5. The lowest BCUT2D eigenvalue weighted by Gasteiger charge is -2.12. The fourth-order valence-corrected chi connectivity index (χ4v) is 1.65. The molecule has 0 bridgehead atoms. The lowest BCUT2D eigenvalue weighted by Crippen LogP contribution is -2.32. The van der Waals surface area contributed by atoms with Gasteiger partial charge in [-0.15, -0.1) is 0 Å². The van der Waals surface area contributed by atoms with Gasteiger partial charge in [0.05, 0.1) is 12.5 Å². The largest absolute Gasteiger partial charge is 0.448 e. The lowest BCUT2D eigenvalue weighted by atomic mass is 10.0. The highest BCUT2D eigenvalue weighted by molar-refractivity contribution is 9.10. The molecule has 0 saturated heterocycles. The van der Waals surface area contributed by atoms with Gasteiger partial charge in [-0.2, -0.15) is 0 Å². The zero-order chi connectivity index (χ0) is 13.5. The zero-order valence-corrected chi connectivity index (χ0v) is 11.6. The summed E-state index contributed by atoms with van der Waals surface area (Å²) in [4.78, 5) is 22.1. The number of ether oxygens (including phenoxy) is 1. The van der Waals surface area contributed by atoms with E-state index in [2.05, 4.69) is 26.0 Å². The monoisotopic (exact) mass is 314 g/mol. The second-order valence-corrected chi connectivity index (χ2v) is 4.65. The first-order valence-electron chi connectivity index (χ1n) is 5.46. The van der Waals surface area contributed by atoms with Gasteiger partial charge < -0.3 is 15.8 Å². The third-order valence-corrected chi connectivity index (χ3v) is 2.94. The van der Waals surface area contributed by atoms with E-state index in [9.17, 15) is 9.59 Å². The third-order valence-electron chi connectivity index (χ3n) is 2.41. The predicted molar refractivity (Wildman–Crippen MR) is 71.1 cm³/mol. The smallest absolute Gasteiger partial charge is 0.404 e. The van der Waals surface area contributed by atoms with Crippen molar-refractivity contribution in [3.05, 3.63) is 34.3 Å². The summed E-state index contributed by atoms with van der Waals surface area (Å²) in [5.41, 5.74) is 5.72. The van der Waals surface area contributed by atoms with Gasteiger partial charge in [0.1, 0.15) is 6.61 Å². The van der Waals surface area contributed by atoms with E-state index in [1.54, 1.807) is 0 Å². The van der Waals surface area contributed by atoms with E-state index in [1.807, 2.05) is 31.2 Å². The molecule has 0 aliphatic heterocycles. The predicted octanol–water partition coefficient (Wildman–Crippen LogP) is 1.76. The van der Waals surface area contributed by atoms with Crippen LogP contribution in [-0.4, -0.2) is 25.2 Å². The number of carbonyl (C=O) groups is 2. The molecule has 0 aliphatic rings. The van der Waals surface area contributed by atoms with Crippen LogP contribution in [0.15, 0.2) is 28.7 Å². The maximum atomic E-state index is 11.8. The average molecular weight is 315 g/mol. The van der Waals surface area contributed by atoms with Gasteiger partial charge in [-0.05, 0) is 24.6 Å². The number of benzene rings is 1. The Morgan fingerprint density at radius 2 is 2.00 bits per heavy atom. The van der Waals surface area contributed by atoms with Crippen molar-refractivity contribution in [3.63, 3.8) is 0 Å². The van der Waals surface area contributed by atoms with Crippen molar-refractivity contribution in [3.8, 4) is 0 Å². The molecule has 0 fully saturated rings. The molecule has 0 aromatic heterocycles. The number of hydrogen-bond acceptors (Lipinski definition) is 3. The summed E-state index contributed by atoms with van der Waals surface area (Å²) in [7, 11) is 0. The van der Waals surface area contributed by atoms with Crippen molar-refractivity contribution in [2.45, 2.75) is 12.8 Å². The number of primary amides is 1. The number of nitrogens with two attached hydrogens (primary N) is 1. The van der Waals surface area contributed by atoms with Gasteiger partial charge in [0.2, 0.25) is 5.91 Å². The second kappa shape index (κ2) is 7.00. The highest BCUT2D eigenvalue weighted by Gasteiger charge is 2.14. The summed E-state index contributed by atoms with van der Waals surface area (Å²) in [5, 5.41) is 2.67. The standard InChI is InChI=1S/C12H15BrN2O3/c1-8(9-2-4-10(13)5-3-9)11(16)15-6-7-18-12(14)17/h2-5,8H,6-7H2,1H3,(H2,14,17)(H,15,16)/t8-/m0/s1. The van der Waals surface area contributed by atoms with E-state index >= 15 is 0 Å². The van der Waals surface area contributed by atoms with Crippen molar-refractivity contribution in [1.82, 2.24) is 5.32 Å². The topological polar surface area (TPSA) is 81.4 Å². The molecule has 1 aromatic carbocycles. The molecule has 1 aromatic rings. The van der Waals surface area contributed by atoms with Crippen molar-refractivity contribution in [2.75, 3.05) is 13.2 Å². The molecular formula is C12H15BrN2O3. The van der Waals surface area contributed by atoms with Crippen molar-refractivity contribution < 1.29 is 14.3 Å². The fraction of sp³-hybridized carbons (Fsp3) is 0.333. The number of hydrogen-bond donors (Lipinski definition) is 2. The van der Waals surface area contributed by atoms with Gasteiger partial charge in [-0.1, -0.05) is 28.1 Å². The van der Waals surface area contributed by atoms with Crippen molar-refractivity contribution >= 4 is 27.9 Å². The molecule has 6 heteroatoms.